The summed E-state index contributed by atoms with van der Waals surface area (Å²) in [5.74, 6) is 1.99. The first-order chi connectivity index (χ1) is 6.34. The third-order valence-electron chi connectivity index (χ3n) is 1.87. The number of hydrogen-bond donors (Lipinski definition) is 3. The third kappa shape index (κ3) is 3.97. The van der Waals surface area contributed by atoms with Gasteiger partial charge in [-0.3, -0.25) is 4.79 Å². The van der Waals surface area contributed by atoms with Crippen LogP contribution < -0.4 is 10.6 Å². The summed E-state index contributed by atoms with van der Waals surface area (Å²) < 4.78 is 0. The van der Waals surface area contributed by atoms with Crippen molar-refractivity contribution < 1.29 is 9.90 Å². The average molecular weight is 204 g/mol. The van der Waals surface area contributed by atoms with Gasteiger partial charge >= 0.3 is 0 Å². The molecule has 1 rings (SSSR count). The molecule has 13 heavy (non-hydrogen) atoms. The van der Waals surface area contributed by atoms with Gasteiger partial charge in [0.05, 0.1) is 6.04 Å². The monoisotopic (exact) mass is 204 g/mol. The molecule has 1 amide bonds. The fraction of sp³-hybridized carbons (Fsp3) is 0.875. The minimum Gasteiger partial charge on any atom is -0.396 e. The van der Waals surface area contributed by atoms with E-state index in [1.807, 2.05) is 0 Å². The van der Waals surface area contributed by atoms with Crippen molar-refractivity contribution in [3.63, 3.8) is 0 Å². The summed E-state index contributed by atoms with van der Waals surface area (Å²) in [6, 6.07) is -0.0440. The summed E-state index contributed by atoms with van der Waals surface area (Å²) in [5.41, 5.74) is 0. The normalized spacial score (nSPS) is 22.7. The van der Waals surface area contributed by atoms with E-state index in [4.69, 9.17) is 5.11 Å². The number of hydrogen-bond acceptors (Lipinski definition) is 4. The lowest BCUT2D eigenvalue weighted by Crippen LogP contribution is -2.49. The van der Waals surface area contributed by atoms with Crippen molar-refractivity contribution in [3.8, 4) is 0 Å². The predicted octanol–water partition coefficient (Wildman–Crippen LogP) is -0.810. The highest BCUT2D eigenvalue weighted by Gasteiger charge is 2.19. The fourth-order valence-electron chi connectivity index (χ4n) is 1.15. The Kier molecular flexibility index (Phi) is 5.19. The number of carbonyl (C=O) groups excluding carboxylic acids is 1. The van der Waals surface area contributed by atoms with Crippen LogP contribution in [0.5, 0.6) is 0 Å². The summed E-state index contributed by atoms with van der Waals surface area (Å²) in [4.78, 5) is 11.4. The number of nitrogens with one attached hydrogen (secondary N) is 2. The number of amides is 1. The molecule has 4 nitrogen and oxygen atoms in total. The van der Waals surface area contributed by atoms with Gasteiger partial charge in [-0.25, -0.2) is 0 Å². The van der Waals surface area contributed by atoms with Gasteiger partial charge in [0, 0.05) is 31.2 Å². The lowest BCUT2D eigenvalue weighted by atomic mass is 10.3. The molecule has 0 spiro atoms. The smallest absolute Gasteiger partial charge is 0.237 e. The topological polar surface area (TPSA) is 61.4 Å². The van der Waals surface area contributed by atoms with Crippen LogP contribution in [0.3, 0.4) is 0 Å². The van der Waals surface area contributed by atoms with E-state index < -0.39 is 0 Å². The SMILES string of the molecule is O=C(NCCCO)C1CSCCN1. The number of thioether (sulfide) groups is 1. The molecule has 1 saturated heterocycles. The highest BCUT2D eigenvalue weighted by atomic mass is 32.2. The zero-order chi connectivity index (χ0) is 9.52. The van der Waals surface area contributed by atoms with Crippen molar-refractivity contribution in [2.75, 3.05) is 31.2 Å². The van der Waals surface area contributed by atoms with Crippen LogP contribution >= 0.6 is 11.8 Å². The molecular formula is C8H16N2O2S. The van der Waals surface area contributed by atoms with Crippen LogP contribution in [0.4, 0.5) is 0 Å². The van der Waals surface area contributed by atoms with Crippen LogP contribution in [0, 0.1) is 0 Å². The van der Waals surface area contributed by atoms with Gasteiger partial charge in [0.2, 0.25) is 5.91 Å². The van der Waals surface area contributed by atoms with E-state index in [1.54, 1.807) is 11.8 Å². The van der Waals surface area contributed by atoms with Gasteiger partial charge in [0.25, 0.3) is 0 Å². The highest BCUT2D eigenvalue weighted by Crippen LogP contribution is 2.07. The minimum atomic E-state index is -0.0440. The molecule has 0 radical (unpaired) electrons. The molecule has 0 aromatic rings. The summed E-state index contributed by atoms with van der Waals surface area (Å²) in [7, 11) is 0. The van der Waals surface area contributed by atoms with Crippen molar-refractivity contribution in [1.29, 1.82) is 0 Å². The molecule has 0 bridgehead atoms. The zero-order valence-corrected chi connectivity index (χ0v) is 8.40. The Morgan fingerprint density at radius 1 is 1.69 bits per heavy atom. The Balaban J connectivity index is 2.13. The molecule has 0 saturated carbocycles. The first kappa shape index (κ1) is 10.8. The van der Waals surface area contributed by atoms with Gasteiger partial charge in [-0.2, -0.15) is 11.8 Å². The highest BCUT2D eigenvalue weighted by molar-refractivity contribution is 7.99. The van der Waals surface area contributed by atoms with Crippen LogP contribution in [-0.2, 0) is 4.79 Å². The molecule has 1 aliphatic rings. The number of aliphatic hydroxyl groups excluding tert-OH is 1. The van der Waals surface area contributed by atoms with E-state index in [0.29, 0.717) is 13.0 Å². The van der Waals surface area contributed by atoms with E-state index in [2.05, 4.69) is 10.6 Å². The second-order valence-corrected chi connectivity index (χ2v) is 4.10. The molecule has 1 unspecified atom stereocenters. The largest absolute Gasteiger partial charge is 0.396 e. The van der Waals surface area contributed by atoms with Crippen LogP contribution in [0.15, 0.2) is 0 Å². The summed E-state index contributed by atoms with van der Waals surface area (Å²) in [6.45, 7) is 1.61. The van der Waals surface area contributed by atoms with Gasteiger partial charge in [-0.1, -0.05) is 0 Å². The summed E-state index contributed by atoms with van der Waals surface area (Å²) in [5, 5.41) is 14.4. The molecule has 1 aliphatic heterocycles. The summed E-state index contributed by atoms with van der Waals surface area (Å²) >= 11 is 1.80. The number of rotatable bonds is 4. The molecule has 1 fully saturated rings. The Bertz CT molecular complexity index is 160. The predicted molar refractivity (Wildman–Crippen MR) is 53.8 cm³/mol. The number of carbonyl (C=O) groups is 1. The van der Waals surface area contributed by atoms with Crippen molar-refractivity contribution in [2.24, 2.45) is 0 Å². The second-order valence-electron chi connectivity index (χ2n) is 2.95. The molecule has 1 atom stereocenters. The molecule has 1 heterocycles. The Hall–Kier alpha value is -0.260. The quantitative estimate of drug-likeness (QED) is 0.524. The average Bonchev–Trinajstić information content (AvgIpc) is 2.19. The molecule has 0 aliphatic carbocycles. The second kappa shape index (κ2) is 6.23. The van der Waals surface area contributed by atoms with Crippen molar-refractivity contribution in [2.45, 2.75) is 12.5 Å². The zero-order valence-electron chi connectivity index (χ0n) is 7.58. The van der Waals surface area contributed by atoms with E-state index in [0.717, 1.165) is 18.1 Å². The van der Waals surface area contributed by atoms with Gasteiger partial charge < -0.3 is 15.7 Å². The molecule has 3 N–H and O–H groups in total. The lowest BCUT2D eigenvalue weighted by Gasteiger charge is -2.22. The maximum Gasteiger partial charge on any atom is 0.237 e. The number of aliphatic hydroxyl groups is 1. The maximum atomic E-state index is 11.4. The van der Waals surface area contributed by atoms with Crippen LogP contribution in [0.25, 0.3) is 0 Å². The van der Waals surface area contributed by atoms with E-state index >= 15 is 0 Å². The van der Waals surface area contributed by atoms with Crippen molar-refractivity contribution >= 4 is 17.7 Å². The first-order valence-electron chi connectivity index (χ1n) is 4.54. The molecule has 0 aromatic heterocycles. The Labute approximate surface area is 82.5 Å². The van der Waals surface area contributed by atoms with Crippen molar-refractivity contribution in [1.82, 2.24) is 10.6 Å². The molecule has 5 heteroatoms. The van der Waals surface area contributed by atoms with E-state index in [9.17, 15) is 4.79 Å². The van der Waals surface area contributed by atoms with Gasteiger partial charge in [-0.05, 0) is 6.42 Å². The Morgan fingerprint density at radius 2 is 2.54 bits per heavy atom. The van der Waals surface area contributed by atoms with Gasteiger partial charge in [0.1, 0.15) is 0 Å². The third-order valence-corrected chi connectivity index (χ3v) is 2.93. The summed E-state index contributed by atoms with van der Waals surface area (Å²) in [6.07, 6.45) is 0.631. The van der Waals surface area contributed by atoms with Crippen molar-refractivity contribution in [3.05, 3.63) is 0 Å². The molecular weight excluding hydrogens is 188 g/mol. The first-order valence-corrected chi connectivity index (χ1v) is 5.70. The van der Waals surface area contributed by atoms with Crippen LogP contribution in [0.1, 0.15) is 6.42 Å². The van der Waals surface area contributed by atoms with Gasteiger partial charge in [-0.15, -0.1) is 0 Å². The molecule has 0 aromatic carbocycles. The molecule has 76 valence electrons. The standard InChI is InChI=1S/C8H16N2O2S/c11-4-1-2-10-8(12)7-6-13-5-3-9-7/h7,9,11H,1-6H2,(H,10,12). The van der Waals surface area contributed by atoms with Crippen LogP contribution in [0.2, 0.25) is 0 Å². The lowest BCUT2D eigenvalue weighted by molar-refractivity contribution is -0.122. The van der Waals surface area contributed by atoms with E-state index in [1.165, 1.54) is 0 Å². The Morgan fingerprint density at radius 3 is 3.15 bits per heavy atom. The fourth-order valence-corrected chi connectivity index (χ4v) is 2.08. The minimum absolute atomic E-state index is 0.0440. The maximum absolute atomic E-state index is 11.4. The van der Waals surface area contributed by atoms with Gasteiger partial charge in [0.15, 0.2) is 0 Å². The van der Waals surface area contributed by atoms with E-state index in [-0.39, 0.29) is 18.6 Å². The van der Waals surface area contributed by atoms with Crippen LogP contribution in [-0.4, -0.2) is 48.3 Å².